The van der Waals surface area contributed by atoms with E-state index in [-0.39, 0.29) is 11.8 Å². The maximum atomic E-state index is 12.8. The normalized spacial score (nSPS) is 15.5. The molecule has 3 rings (SSSR count). The van der Waals surface area contributed by atoms with Crippen LogP contribution in [0.1, 0.15) is 15.9 Å². The van der Waals surface area contributed by atoms with E-state index in [2.05, 4.69) is 15.5 Å². The zero-order chi connectivity index (χ0) is 20.5. The number of rotatable bonds is 8. The number of morpholine rings is 1. The molecule has 2 aromatic rings. The summed E-state index contributed by atoms with van der Waals surface area (Å²) in [7, 11) is 0. The third kappa shape index (κ3) is 6.85. The van der Waals surface area contributed by atoms with Crippen molar-refractivity contribution in [3.63, 3.8) is 0 Å². The highest BCUT2D eigenvalue weighted by molar-refractivity contribution is 6.30. The summed E-state index contributed by atoms with van der Waals surface area (Å²) in [6.45, 7) is 4.48. The minimum Gasteiger partial charge on any atom is -0.379 e. The highest BCUT2D eigenvalue weighted by Crippen LogP contribution is 2.10. The molecule has 0 spiro atoms. The summed E-state index contributed by atoms with van der Waals surface area (Å²) in [5.41, 5.74) is 1.45. The van der Waals surface area contributed by atoms with Gasteiger partial charge in [0, 0.05) is 43.2 Å². The van der Waals surface area contributed by atoms with E-state index in [1.54, 1.807) is 24.3 Å². The predicted molar refractivity (Wildman–Crippen MR) is 113 cm³/mol. The SMILES string of the molecule is O=C(NC(Cc1ccccc1)C(=O)NCCN1CCOCC1)c1ccc(Cl)cc1. The molecule has 0 saturated carbocycles. The first-order valence-electron chi connectivity index (χ1n) is 9.80. The molecular formula is C22H26ClN3O3. The van der Waals surface area contributed by atoms with E-state index in [1.165, 1.54) is 0 Å². The van der Waals surface area contributed by atoms with E-state index in [9.17, 15) is 9.59 Å². The van der Waals surface area contributed by atoms with Crippen molar-refractivity contribution < 1.29 is 14.3 Å². The topological polar surface area (TPSA) is 70.7 Å². The fraction of sp³-hybridized carbons (Fsp3) is 0.364. The Balaban J connectivity index is 1.60. The molecule has 0 radical (unpaired) electrons. The smallest absolute Gasteiger partial charge is 0.251 e. The van der Waals surface area contributed by atoms with Gasteiger partial charge in [0.05, 0.1) is 13.2 Å². The van der Waals surface area contributed by atoms with Gasteiger partial charge < -0.3 is 15.4 Å². The van der Waals surface area contributed by atoms with E-state index >= 15 is 0 Å². The van der Waals surface area contributed by atoms with Gasteiger partial charge in [-0.05, 0) is 29.8 Å². The number of carbonyl (C=O) groups excluding carboxylic acids is 2. The Labute approximate surface area is 176 Å². The average molecular weight is 416 g/mol. The highest BCUT2D eigenvalue weighted by atomic mass is 35.5. The van der Waals surface area contributed by atoms with Gasteiger partial charge in [0.15, 0.2) is 0 Å². The molecule has 0 aromatic heterocycles. The van der Waals surface area contributed by atoms with Crippen LogP contribution in [0.3, 0.4) is 0 Å². The molecule has 2 amide bonds. The summed E-state index contributed by atoms with van der Waals surface area (Å²) < 4.78 is 5.34. The van der Waals surface area contributed by atoms with Crippen LogP contribution >= 0.6 is 11.6 Å². The van der Waals surface area contributed by atoms with Crippen LogP contribution in [0.15, 0.2) is 54.6 Å². The van der Waals surface area contributed by atoms with Gasteiger partial charge in [0.2, 0.25) is 5.91 Å². The van der Waals surface area contributed by atoms with Crippen molar-refractivity contribution in [2.24, 2.45) is 0 Å². The fourth-order valence-corrected chi connectivity index (χ4v) is 3.31. The summed E-state index contributed by atoms with van der Waals surface area (Å²) in [5, 5.41) is 6.38. The van der Waals surface area contributed by atoms with Gasteiger partial charge in [-0.25, -0.2) is 0 Å². The van der Waals surface area contributed by atoms with Crippen LogP contribution in [-0.4, -0.2) is 62.1 Å². The number of amides is 2. The molecule has 6 nitrogen and oxygen atoms in total. The number of carbonyl (C=O) groups is 2. The minimum atomic E-state index is -0.662. The standard InChI is InChI=1S/C22H26ClN3O3/c23-19-8-6-18(7-9-19)21(27)25-20(16-17-4-2-1-3-5-17)22(28)24-10-11-26-12-14-29-15-13-26/h1-9,20H,10-16H2,(H,24,28)(H,25,27). The second-order valence-corrected chi connectivity index (χ2v) is 7.40. The molecule has 1 atom stereocenters. The molecule has 154 valence electrons. The molecule has 1 aliphatic rings. The summed E-state index contributed by atoms with van der Waals surface area (Å²) in [4.78, 5) is 27.7. The molecular weight excluding hydrogens is 390 g/mol. The molecule has 1 unspecified atom stereocenters. The minimum absolute atomic E-state index is 0.190. The van der Waals surface area contributed by atoms with Gasteiger partial charge in [-0.2, -0.15) is 0 Å². The van der Waals surface area contributed by atoms with Crippen molar-refractivity contribution >= 4 is 23.4 Å². The molecule has 2 aromatic carbocycles. The van der Waals surface area contributed by atoms with Crippen molar-refractivity contribution in [2.45, 2.75) is 12.5 Å². The van der Waals surface area contributed by atoms with Crippen LogP contribution in [0.2, 0.25) is 5.02 Å². The molecule has 1 aliphatic heterocycles. The number of benzene rings is 2. The number of nitrogens with zero attached hydrogens (tertiary/aromatic N) is 1. The Morgan fingerprint density at radius 2 is 1.72 bits per heavy atom. The quantitative estimate of drug-likeness (QED) is 0.693. The molecule has 7 heteroatoms. The lowest BCUT2D eigenvalue weighted by Crippen LogP contribution is -2.50. The summed E-state index contributed by atoms with van der Waals surface area (Å²) in [6.07, 6.45) is 0.420. The third-order valence-electron chi connectivity index (χ3n) is 4.84. The largest absolute Gasteiger partial charge is 0.379 e. The molecule has 2 N–H and O–H groups in total. The number of hydrogen-bond acceptors (Lipinski definition) is 4. The molecule has 1 saturated heterocycles. The van der Waals surface area contributed by atoms with Gasteiger partial charge in [0.1, 0.15) is 6.04 Å². The molecule has 0 aliphatic carbocycles. The second kappa shape index (κ2) is 11.0. The summed E-state index contributed by atoms with van der Waals surface area (Å²) in [5.74, 6) is -0.490. The maximum absolute atomic E-state index is 12.8. The lowest BCUT2D eigenvalue weighted by molar-refractivity contribution is -0.123. The first-order chi connectivity index (χ1) is 14.1. The highest BCUT2D eigenvalue weighted by Gasteiger charge is 2.22. The van der Waals surface area contributed by atoms with E-state index in [4.69, 9.17) is 16.3 Å². The number of halogens is 1. The fourth-order valence-electron chi connectivity index (χ4n) is 3.19. The van der Waals surface area contributed by atoms with Crippen LogP contribution in [0.5, 0.6) is 0 Å². The molecule has 1 heterocycles. The zero-order valence-corrected chi connectivity index (χ0v) is 17.0. The van der Waals surface area contributed by atoms with Crippen LogP contribution in [0.25, 0.3) is 0 Å². The monoisotopic (exact) mass is 415 g/mol. The van der Waals surface area contributed by atoms with Gasteiger partial charge in [-0.3, -0.25) is 14.5 Å². The van der Waals surface area contributed by atoms with E-state index in [0.29, 0.717) is 23.6 Å². The van der Waals surface area contributed by atoms with Gasteiger partial charge >= 0.3 is 0 Å². The van der Waals surface area contributed by atoms with Crippen molar-refractivity contribution in [3.8, 4) is 0 Å². The second-order valence-electron chi connectivity index (χ2n) is 6.97. The summed E-state index contributed by atoms with van der Waals surface area (Å²) >= 11 is 5.89. The van der Waals surface area contributed by atoms with Crippen LogP contribution < -0.4 is 10.6 Å². The Morgan fingerprint density at radius 1 is 1.03 bits per heavy atom. The van der Waals surface area contributed by atoms with Crippen LogP contribution in [-0.2, 0) is 16.0 Å². The molecule has 29 heavy (non-hydrogen) atoms. The van der Waals surface area contributed by atoms with Crippen LogP contribution in [0.4, 0.5) is 0 Å². The number of nitrogens with one attached hydrogen (secondary N) is 2. The Bertz CT molecular complexity index is 793. The number of hydrogen-bond donors (Lipinski definition) is 2. The van der Waals surface area contributed by atoms with Crippen LogP contribution in [0, 0.1) is 0 Å². The Morgan fingerprint density at radius 3 is 2.41 bits per heavy atom. The van der Waals surface area contributed by atoms with E-state index in [0.717, 1.165) is 38.4 Å². The Kier molecular flexibility index (Phi) is 8.04. The first kappa shape index (κ1) is 21.3. The average Bonchev–Trinajstić information content (AvgIpc) is 2.75. The number of ether oxygens (including phenoxy) is 1. The molecule has 0 bridgehead atoms. The van der Waals surface area contributed by atoms with E-state index < -0.39 is 6.04 Å². The van der Waals surface area contributed by atoms with Gasteiger partial charge in [-0.1, -0.05) is 41.9 Å². The van der Waals surface area contributed by atoms with Crippen molar-refractivity contribution in [3.05, 3.63) is 70.7 Å². The lowest BCUT2D eigenvalue weighted by atomic mass is 10.0. The van der Waals surface area contributed by atoms with Crippen molar-refractivity contribution in [1.82, 2.24) is 15.5 Å². The predicted octanol–water partition coefficient (Wildman–Crippen LogP) is 2.13. The van der Waals surface area contributed by atoms with E-state index in [1.807, 2.05) is 30.3 Å². The lowest BCUT2D eigenvalue weighted by Gasteiger charge is -2.27. The van der Waals surface area contributed by atoms with Gasteiger partial charge in [0.25, 0.3) is 5.91 Å². The van der Waals surface area contributed by atoms with Crippen molar-refractivity contribution in [1.29, 1.82) is 0 Å². The zero-order valence-electron chi connectivity index (χ0n) is 16.3. The summed E-state index contributed by atoms with van der Waals surface area (Å²) in [6, 6.07) is 15.6. The third-order valence-corrected chi connectivity index (χ3v) is 5.09. The Hall–Kier alpha value is -2.41. The van der Waals surface area contributed by atoms with Crippen molar-refractivity contribution in [2.75, 3.05) is 39.4 Å². The maximum Gasteiger partial charge on any atom is 0.251 e. The molecule has 1 fully saturated rings. The first-order valence-corrected chi connectivity index (χ1v) is 10.2. The van der Waals surface area contributed by atoms with Gasteiger partial charge in [-0.15, -0.1) is 0 Å².